The van der Waals surface area contributed by atoms with Gasteiger partial charge in [0.2, 0.25) is 0 Å². The number of allylic oxidation sites excluding steroid dienone is 1. The lowest BCUT2D eigenvalue weighted by atomic mass is 10.1. The van der Waals surface area contributed by atoms with Crippen LogP contribution in [0.15, 0.2) is 48.6 Å². The molecule has 0 radical (unpaired) electrons. The van der Waals surface area contributed by atoms with Crippen molar-refractivity contribution in [3.8, 4) is 0 Å². The van der Waals surface area contributed by atoms with E-state index in [1.165, 1.54) is 29.0 Å². The van der Waals surface area contributed by atoms with E-state index in [-0.39, 0.29) is 5.78 Å². The average Bonchev–Trinajstić information content (AvgIpc) is 2.97. The fourth-order valence-electron chi connectivity index (χ4n) is 1.63. The van der Waals surface area contributed by atoms with Crippen LogP contribution in [-0.4, -0.2) is 16.9 Å². The maximum atomic E-state index is 11.9. The van der Waals surface area contributed by atoms with E-state index in [1.807, 2.05) is 12.1 Å². The van der Waals surface area contributed by atoms with E-state index >= 15 is 0 Å². The molecular formula is C16H12ClNO3S. The molecule has 1 heterocycles. The van der Waals surface area contributed by atoms with Gasteiger partial charge in [-0.2, -0.15) is 0 Å². The largest absolute Gasteiger partial charge is 0.288 e. The second-order valence-corrected chi connectivity index (χ2v) is 5.99. The number of carbonyl (C=O) groups is 2. The third kappa shape index (κ3) is 4.66. The maximum absolute atomic E-state index is 11.9. The molecule has 0 aliphatic heterocycles. The third-order valence-corrected chi connectivity index (χ3v) is 3.96. The minimum Gasteiger partial charge on any atom is -0.288 e. The predicted octanol–water partition coefficient (Wildman–Crippen LogP) is 3.82. The van der Waals surface area contributed by atoms with Crippen LogP contribution in [0.5, 0.6) is 0 Å². The van der Waals surface area contributed by atoms with E-state index in [2.05, 4.69) is 0 Å². The summed E-state index contributed by atoms with van der Waals surface area (Å²) in [5.74, 6) is -0.690. The van der Waals surface area contributed by atoms with Gasteiger partial charge in [0.1, 0.15) is 0 Å². The first-order valence-corrected chi connectivity index (χ1v) is 7.48. The highest BCUT2D eigenvalue weighted by molar-refractivity contribution is 7.18. The number of amides is 1. The van der Waals surface area contributed by atoms with Crippen molar-refractivity contribution in [2.45, 2.75) is 0 Å². The summed E-state index contributed by atoms with van der Waals surface area (Å²) in [6, 6.07) is 10.6. The number of carbonyl (C=O) groups excluding carboxylic acids is 2. The molecule has 0 unspecified atom stereocenters. The number of thiophene rings is 1. The summed E-state index contributed by atoms with van der Waals surface area (Å²) in [6.45, 7) is 0. The molecule has 0 bridgehead atoms. The number of hydrogen-bond donors (Lipinski definition) is 2. The normalized spacial score (nSPS) is 11.2. The second-order valence-electron chi connectivity index (χ2n) is 4.28. The molecular weight excluding hydrogens is 322 g/mol. The number of halogens is 1. The number of hydroxylamine groups is 1. The van der Waals surface area contributed by atoms with Gasteiger partial charge in [-0.05, 0) is 35.4 Å². The van der Waals surface area contributed by atoms with Crippen molar-refractivity contribution >= 4 is 46.8 Å². The summed E-state index contributed by atoms with van der Waals surface area (Å²) in [7, 11) is 0. The Morgan fingerprint density at radius 2 is 1.59 bits per heavy atom. The van der Waals surface area contributed by atoms with Crippen LogP contribution in [0.3, 0.4) is 0 Å². The third-order valence-electron chi connectivity index (χ3n) is 2.72. The molecule has 1 aromatic carbocycles. The first-order valence-electron chi connectivity index (χ1n) is 6.28. The van der Waals surface area contributed by atoms with Gasteiger partial charge in [0.15, 0.2) is 5.78 Å². The fourth-order valence-corrected chi connectivity index (χ4v) is 2.59. The number of nitrogens with one attached hydrogen (secondary N) is 1. The number of benzene rings is 1. The molecule has 2 rings (SSSR count). The molecule has 0 aliphatic carbocycles. The molecule has 6 heteroatoms. The Morgan fingerprint density at radius 1 is 1.00 bits per heavy atom. The van der Waals surface area contributed by atoms with Crippen molar-refractivity contribution in [2.75, 3.05) is 0 Å². The van der Waals surface area contributed by atoms with E-state index in [0.29, 0.717) is 9.21 Å². The van der Waals surface area contributed by atoms with E-state index in [4.69, 9.17) is 16.8 Å². The molecule has 0 aliphatic rings. The van der Waals surface area contributed by atoms with Crippen LogP contribution in [0.4, 0.5) is 0 Å². The molecule has 1 aromatic heterocycles. The minimum atomic E-state index is -0.593. The lowest BCUT2D eigenvalue weighted by molar-refractivity contribution is -0.124. The van der Waals surface area contributed by atoms with Crippen molar-refractivity contribution in [1.82, 2.24) is 5.48 Å². The van der Waals surface area contributed by atoms with Gasteiger partial charge in [-0.25, -0.2) is 5.48 Å². The number of hydrogen-bond acceptors (Lipinski definition) is 4. The van der Waals surface area contributed by atoms with Gasteiger partial charge in [0.25, 0.3) is 5.91 Å². The van der Waals surface area contributed by atoms with Gasteiger partial charge in [0.05, 0.1) is 9.21 Å². The van der Waals surface area contributed by atoms with E-state index < -0.39 is 5.91 Å². The molecule has 0 saturated carbocycles. The molecule has 0 spiro atoms. The Balaban J connectivity index is 2.02. The van der Waals surface area contributed by atoms with Crippen LogP contribution < -0.4 is 5.48 Å². The summed E-state index contributed by atoms with van der Waals surface area (Å²) < 4.78 is 0.583. The first kappa shape index (κ1) is 16.2. The Morgan fingerprint density at radius 3 is 2.09 bits per heavy atom. The lowest BCUT2D eigenvalue weighted by Crippen LogP contribution is -2.14. The molecule has 1 amide bonds. The monoisotopic (exact) mass is 333 g/mol. The zero-order valence-corrected chi connectivity index (χ0v) is 12.9. The maximum Gasteiger partial charge on any atom is 0.267 e. The molecule has 0 saturated heterocycles. The Kier molecular flexibility index (Phi) is 5.66. The van der Waals surface area contributed by atoms with Gasteiger partial charge in [-0.15, -0.1) is 11.3 Å². The number of rotatable bonds is 5. The Labute approximate surface area is 136 Å². The van der Waals surface area contributed by atoms with E-state index in [0.717, 1.165) is 11.1 Å². The van der Waals surface area contributed by atoms with Gasteiger partial charge in [-0.1, -0.05) is 41.9 Å². The van der Waals surface area contributed by atoms with Crippen molar-refractivity contribution < 1.29 is 14.8 Å². The molecule has 2 aromatic rings. The second kappa shape index (κ2) is 7.70. The lowest BCUT2D eigenvalue weighted by Gasteiger charge is -1.96. The molecule has 0 atom stereocenters. The van der Waals surface area contributed by atoms with Gasteiger partial charge >= 0.3 is 0 Å². The van der Waals surface area contributed by atoms with Crippen molar-refractivity contribution in [3.05, 3.63) is 68.9 Å². The highest BCUT2D eigenvalue weighted by atomic mass is 35.5. The van der Waals surface area contributed by atoms with Crippen LogP contribution in [0, 0.1) is 0 Å². The smallest absolute Gasteiger partial charge is 0.267 e. The number of ketones is 1. The first-order chi connectivity index (χ1) is 10.6. The zero-order chi connectivity index (χ0) is 15.9. The van der Waals surface area contributed by atoms with Crippen LogP contribution >= 0.6 is 22.9 Å². The average molecular weight is 334 g/mol. The van der Waals surface area contributed by atoms with Crippen LogP contribution in [0.25, 0.3) is 12.2 Å². The topological polar surface area (TPSA) is 66.4 Å². The highest BCUT2D eigenvalue weighted by Gasteiger charge is 2.04. The summed E-state index contributed by atoms with van der Waals surface area (Å²) in [5, 5.41) is 8.38. The summed E-state index contributed by atoms with van der Waals surface area (Å²) >= 11 is 7.04. The minimum absolute atomic E-state index is 0.0968. The zero-order valence-electron chi connectivity index (χ0n) is 11.3. The molecule has 2 N–H and O–H groups in total. The molecule has 22 heavy (non-hydrogen) atoms. The van der Waals surface area contributed by atoms with Crippen molar-refractivity contribution in [1.29, 1.82) is 0 Å². The van der Waals surface area contributed by atoms with Crippen LogP contribution in [0.2, 0.25) is 4.34 Å². The fraction of sp³-hybridized carbons (Fsp3) is 0. The van der Waals surface area contributed by atoms with E-state index in [9.17, 15) is 9.59 Å². The summed E-state index contributed by atoms with van der Waals surface area (Å²) in [5.41, 5.74) is 3.18. The highest BCUT2D eigenvalue weighted by Crippen LogP contribution is 2.22. The van der Waals surface area contributed by atoms with Gasteiger partial charge < -0.3 is 0 Å². The van der Waals surface area contributed by atoms with Crippen molar-refractivity contribution in [2.24, 2.45) is 0 Å². The van der Waals surface area contributed by atoms with Gasteiger partial charge in [0, 0.05) is 6.08 Å². The molecule has 0 fully saturated rings. The van der Waals surface area contributed by atoms with E-state index in [1.54, 1.807) is 36.4 Å². The van der Waals surface area contributed by atoms with Gasteiger partial charge in [-0.3, -0.25) is 14.8 Å². The Hall–Kier alpha value is -2.21. The van der Waals surface area contributed by atoms with Crippen LogP contribution in [0.1, 0.15) is 20.8 Å². The predicted molar refractivity (Wildman–Crippen MR) is 88.1 cm³/mol. The standard InChI is InChI=1S/C16H12ClNO3S/c17-15-9-8-14(22-15)13(19)7-5-11-1-3-12(4-2-11)6-10-16(20)18-21/h1-10,21H,(H,18,20). The molecule has 112 valence electrons. The SMILES string of the molecule is O=C(C=Cc1ccc(C=CC(=O)c2ccc(Cl)s2)cc1)NO. The Bertz CT molecular complexity index is 732. The molecule has 4 nitrogen and oxygen atoms in total. The van der Waals surface area contributed by atoms with Crippen molar-refractivity contribution in [3.63, 3.8) is 0 Å². The summed E-state index contributed by atoms with van der Waals surface area (Å²) in [6.07, 6.45) is 5.99. The van der Waals surface area contributed by atoms with Crippen LogP contribution in [-0.2, 0) is 4.79 Å². The summed E-state index contributed by atoms with van der Waals surface area (Å²) in [4.78, 5) is 23.3. The quantitative estimate of drug-likeness (QED) is 0.378.